The zero-order valence-corrected chi connectivity index (χ0v) is 17.2. The average molecular weight is 454 g/mol. The Bertz CT molecular complexity index is 1150. The maximum absolute atomic E-state index is 12.1. The maximum atomic E-state index is 12.1. The van der Waals surface area contributed by atoms with Crippen LogP contribution in [0.3, 0.4) is 0 Å². The molecular weight excluding hydrogens is 438 g/mol. The highest BCUT2D eigenvalue weighted by atomic mass is 79.9. The predicted octanol–water partition coefficient (Wildman–Crippen LogP) is 4.68. The Morgan fingerprint density at radius 3 is 2.45 bits per heavy atom. The minimum atomic E-state index is -0.338. The molecule has 9 heteroatoms. The summed E-state index contributed by atoms with van der Waals surface area (Å²) >= 11 is 3.17. The molecule has 4 aromatic rings. The van der Waals surface area contributed by atoms with Crippen molar-refractivity contribution in [2.75, 3.05) is 5.32 Å². The Labute approximate surface area is 174 Å². The molecule has 0 spiro atoms. The van der Waals surface area contributed by atoms with Gasteiger partial charge in [0.2, 0.25) is 5.88 Å². The molecule has 3 heterocycles. The second-order valence-corrected chi connectivity index (χ2v) is 7.03. The topological polar surface area (TPSA) is 95.1 Å². The van der Waals surface area contributed by atoms with E-state index in [0.29, 0.717) is 27.8 Å². The number of ether oxygens (including phenoxy) is 1. The molecular formula is C20H16BrN5O3. The van der Waals surface area contributed by atoms with Gasteiger partial charge in [0.25, 0.3) is 5.91 Å². The fraction of sp³-hybridized carbons (Fsp3) is 0.100. The fourth-order valence-electron chi connectivity index (χ4n) is 2.70. The van der Waals surface area contributed by atoms with Crippen LogP contribution in [0.5, 0.6) is 11.6 Å². The van der Waals surface area contributed by atoms with Gasteiger partial charge >= 0.3 is 0 Å². The Morgan fingerprint density at radius 2 is 1.86 bits per heavy atom. The highest BCUT2D eigenvalue weighted by Crippen LogP contribution is 2.22. The van der Waals surface area contributed by atoms with Crippen molar-refractivity contribution >= 4 is 27.5 Å². The lowest BCUT2D eigenvalue weighted by Crippen LogP contribution is -2.10. The summed E-state index contributed by atoms with van der Waals surface area (Å²) in [5, 5.41) is 15.4. The van der Waals surface area contributed by atoms with Crippen LogP contribution < -0.4 is 10.1 Å². The lowest BCUT2D eigenvalue weighted by molar-refractivity contribution is 0.0995. The number of hydrogen-bond donors (Lipinski definition) is 1. The van der Waals surface area contributed by atoms with E-state index in [4.69, 9.17) is 9.15 Å². The molecule has 0 saturated heterocycles. The minimum Gasteiger partial charge on any atom is -0.444 e. The molecule has 0 radical (unpaired) electrons. The zero-order valence-electron chi connectivity index (χ0n) is 15.6. The van der Waals surface area contributed by atoms with E-state index in [1.807, 2.05) is 19.9 Å². The average Bonchev–Trinajstić information content (AvgIpc) is 3.29. The van der Waals surface area contributed by atoms with Crippen LogP contribution in [0.4, 0.5) is 5.69 Å². The van der Waals surface area contributed by atoms with Crippen molar-refractivity contribution < 1.29 is 13.9 Å². The Balaban J connectivity index is 1.41. The standard InChI is InChI=1S/C20H16BrN5O3/c1-12-11-13(2)26(25-12)18-9-10-19(24-23-18)28-15-5-3-14(4-6-15)22-20(27)16-7-8-17(21)29-16/h3-11H,1-2H3,(H,22,27). The van der Waals surface area contributed by atoms with Gasteiger partial charge in [0, 0.05) is 17.4 Å². The van der Waals surface area contributed by atoms with Crippen molar-refractivity contribution in [3.8, 4) is 17.4 Å². The molecule has 29 heavy (non-hydrogen) atoms. The number of carbonyl (C=O) groups excluding carboxylic acids is 1. The third-order valence-corrected chi connectivity index (χ3v) is 4.41. The van der Waals surface area contributed by atoms with Crippen molar-refractivity contribution in [3.05, 3.63) is 76.4 Å². The highest BCUT2D eigenvalue weighted by molar-refractivity contribution is 9.10. The zero-order chi connectivity index (χ0) is 20.4. The van der Waals surface area contributed by atoms with Crippen molar-refractivity contribution in [3.63, 3.8) is 0 Å². The number of aromatic nitrogens is 4. The van der Waals surface area contributed by atoms with Crippen LogP contribution in [0, 0.1) is 13.8 Å². The van der Waals surface area contributed by atoms with E-state index in [2.05, 4.69) is 36.5 Å². The van der Waals surface area contributed by atoms with Crippen LogP contribution in [-0.2, 0) is 0 Å². The van der Waals surface area contributed by atoms with E-state index in [-0.39, 0.29) is 11.7 Å². The second-order valence-electron chi connectivity index (χ2n) is 6.25. The van der Waals surface area contributed by atoms with E-state index in [0.717, 1.165) is 11.4 Å². The van der Waals surface area contributed by atoms with Crippen molar-refractivity contribution in [1.82, 2.24) is 20.0 Å². The summed E-state index contributed by atoms with van der Waals surface area (Å²) in [6, 6.07) is 15.6. The smallest absolute Gasteiger partial charge is 0.291 e. The number of halogens is 1. The lowest BCUT2D eigenvalue weighted by Gasteiger charge is -2.07. The second kappa shape index (κ2) is 7.88. The SMILES string of the molecule is Cc1cc(C)n(-c2ccc(Oc3ccc(NC(=O)c4ccc(Br)o4)cc3)nn2)n1. The first-order valence-corrected chi connectivity index (χ1v) is 9.49. The Hall–Kier alpha value is -3.46. The molecule has 0 fully saturated rings. The molecule has 1 amide bonds. The number of aryl methyl sites for hydroxylation is 2. The lowest BCUT2D eigenvalue weighted by atomic mass is 10.3. The number of benzene rings is 1. The van der Waals surface area contributed by atoms with Gasteiger partial charge in [0.1, 0.15) is 5.75 Å². The summed E-state index contributed by atoms with van der Waals surface area (Å²) in [4.78, 5) is 12.1. The minimum absolute atomic E-state index is 0.218. The third-order valence-electron chi connectivity index (χ3n) is 3.98. The van der Waals surface area contributed by atoms with Crippen LogP contribution >= 0.6 is 15.9 Å². The monoisotopic (exact) mass is 453 g/mol. The molecule has 1 N–H and O–H groups in total. The molecule has 0 aliphatic rings. The number of anilines is 1. The first-order valence-electron chi connectivity index (χ1n) is 8.70. The molecule has 0 aliphatic carbocycles. The van der Waals surface area contributed by atoms with Gasteiger partial charge in [-0.25, -0.2) is 4.68 Å². The van der Waals surface area contributed by atoms with Crippen LogP contribution in [0.2, 0.25) is 0 Å². The van der Waals surface area contributed by atoms with Crippen LogP contribution in [0.1, 0.15) is 21.9 Å². The molecule has 0 unspecified atom stereocenters. The fourth-order valence-corrected chi connectivity index (χ4v) is 3.00. The predicted molar refractivity (Wildman–Crippen MR) is 110 cm³/mol. The number of nitrogens with one attached hydrogen (secondary N) is 1. The van der Waals surface area contributed by atoms with Crippen LogP contribution in [0.25, 0.3) is 5.82 Å². The molecule has 146 valence electrons. The van der Waals surface area contributed by atoms with Gasteiger partial charge in [0.15, 0.2) is 16.2 Å². The quantitative estimate of drug-likeness (QED) is 0.471. The van der Waals surface area contributed by atoms with Gasteiger partial charge in [-0.1, -0.05) is 0 Å². The molecule has 0 aliphatic heterocycles. The Morgan fingerprint density at radius 1 is 1.07 bits per heavy atom. The van der Waals surface area contributed by atoms with Crippen molar-refractivity contribution in [2.24, 2.45) is 0 Å². The first-order chi connectivity index (χ1) is 14.0. The normalized spacial score (nSPS) is 10.7. The Kier molecular flexibility index (Phi) is 5.13. The van der Waals surface area contributed by atoms with E-state index >= 15 is 0 Å². The van der Waals surface area contributed by atoms with Gasteiger partial charge in [-0.15, -0.1) is 10.2 Å². The van der Waals surface area contributed by atoms with Gasteiger partial charge in [-0.2, -0.15) is 5.10 Å². The van der Waals surface area contributed by atoms with Crippen LogP contribution in [0.15, 0.2) is 63.7 Å². The largest absolute Gasteiger partial charge is 0.444 e. The number of rotatable bonds is 5. The molecule has 4 rings (SSSR count). The maximum Gasteiger partial charge on any atom is 0.291 e. The highest BCUT2D eigenvalue weighted by Gasteiger charge is 2.11. The van der Waals surface area contributed by atoms with Crippen LogP contribution in [-0.4, -0.2) is 25.9 Å². The number of nitrogens with zero attached hydrogens (tertiary/aromatic N) is 4. The van der Waals surface area contributed by atoms with Gasteiger partial charge in [-0.3, -0.25) is 4.79 Å². The molecule has 8 nitrogen and oxygen atoms in total. The van der Waals surface area contributed by atoms with E-state index in [1.54, 1.807) is 53.2 Å². The summed E-state index contributed by atoms with van der Waals surface area (Å²) in [7, 11) is 0. The number of amides is 1. The number of hydrogen-bond acceptors (Lipinski definition) is 6. The summed E-state index contributed by atoms with van der Waals surface area (Å²) in [6.07, 6.45) is 0. The summed E-state index contributed by atoms with van der Waals surface area (Å²) in [6.45, 7) is 3.88. The molecule has 0 atom stereocenters. The van der Waals surface area contributed by atoms with Gasteiger partial charge in [0.05, 0.1) is 5.69 Å². The summed E-state index contributed by atoms with van der Waals surface area (Å²) in [5.41, 5.74) is 2.50. The van der Waals surface area contributed by atoms with Gasteiger partial charge in [-0.05, 0) is 78.3 Å². The first kappa shape index (κ1) is 18.9. The molecule has 0 bridgehead atoms. The summed E-state index contributed by atoms with van der Waals surface area (Å²) in [5.74, 6) is 1.42. The molecule has 1 aromatic carbocycles. The van der Waals surface area contributed by atoms with Gasteiger partial charge < -0.3 is 14.5 Å². The van der Waals surface area contributed by atoms with E-state index < -0.39 is 0 Å². The summed E-state index contributed by atoms with van der Waals surface area (Å²) < 4.78 is 13.2. The van der Waals surface area contributed by atoms with Crippen molar-refractivity contribution in [1.29, 1.82) is 0 Å². The molecule has 3 aromatic heterocycles. The van der Waals surface area contributed by atoms with E-state index in [1.165, 1.54) is 0 Å². The van der Waals surface area contributed by atoms with Crippen molar-refractivity contribution in [2.45, 2.75) is 13.8 Å². The molecule has 0 saturated carbocycles. The number of carbonyl (C=O) groups is 1. The third kappa shape index (κ3) is 4.35. The number of furan rings is 1. The van der Waals surface area contributed by atoms with E-state index in [9.17, 15) is 4.79 Å².